The highest BCUT2D eigenvalue weighted by molar-refractivity contribution is 5.47. The van der Waals surface area contributed by atoms with E-state index < -0.39 is 5.91 Å². The zero-order valence-electron chi connectivity index (χ0n) is 16.3. The topological polar surface area (TPSA) is 60.4 Å². The van der Waals surface area contributed by atoms with Crippen LogP contribution in [0, 0.1) is 0 Å². The van der Waals surface area contributed by atoms with Crippen LogP contribution in [0.25, 0.3) is 0 Å². The maximum Gasteiger partial charge on any atom is 0.261 e. The van der Waals surface area contributed by atoms with E-state index in [2.05, 4.69) is 4.90 Å². The summed E-state index contributed by atoms with van der Waals surface area (Å²) in [6.45, 7) is 3.70. The highest BCUT2D eigenvalue weighted by Gasteiger charge is 2.43. The van der Waals surface area contributed by atoms with Crippen LogP contribution in [0.15, 0.2) is 36.4 Å². The van der Waals surface area contributed by atoms with Crippen molar-refractivity contribution in [3.63, 3.8) is 0 Å². The summed E-state index contributed by atoms with van der Waals surface area (Å²) in [5, 5.41) is 10.2. The molecule has 0 fully saturated rings. The first-order valence-electron chi connectivity index (χ1n) is 9.06. The van der Waals surface area contributed by atoms with E-state index in [-0.39, 0.29) is 5.75 Å². The highest BCUT2D eigenvalue weighted by atomic mass is 16.7. The third-order valence-electron chi connectivity index (χ3n) is 5.01. The Kier molecular flexibility index (Phi) is 5.89. The SMILES string of the molecule is CCOc1cc2c(cc1O)CCN(C(OC)(OC)c1ccccc1OC)C2. The van der Waals surface area contributed by atoms with Gasteiger partial charge in [-0.25, -0.2) is 4.90 Å². The van der Waals surface area contributed by atoms with Gasteiger partial charge in [0, 0.05) is 27.3 Å². The minimum atomic E-state index is -1.08. The number of hydrogen-bond donors (Lipinski definition) is 1. The van der Waals surface area contributed by atoms with Gasteiger partial charge in [0.2, 0.25) is 0 Å². The van der Waals surface area contributed by atoms with E-state index in [1.54, 1.807) is 27.4 Å². The molecular weight excluding hydrogens is 346 g/mol. The summed E-state index contributed by atoms with van der Waals surface area (Å²) < 4.78 is 22.9. The monoisotopic (exact) mass is 373 g/mol. The van der Waals surface area contributed by atoms with Crippen molar-refractivity contribution in [3.05, 3.63) is 53.1 Å². The normalized spacial score (nSPS) is 14.7. The minimum Gasteiger partial charge on any atom is -0.504 e. The molecule has 146 valence electrons. The van der Waals surface area contributed by atoms with E-state index in [9.17, 15) is 5.11 Å². The van der Waals surface area contributed by atoms with Gasteiger partial charge < -0.3 is 24.1 Å². The summed E-state index contributed by atoms with van der Waals surface area (Å²) in [5.74, 6) is 0.301. The predicted octanol–water partition coefficient (Wildman–Crippen LogP) is 3.26. The summed E-state index contributed by atoms with van der Waals surface area (Å²) in [6, 6.07) is 11.4. The Hall–Kier alpha value is -2.28. The Morgan fingerprint density at radius 1 is 1.04 bits per heavy atom. The number of hydrogen-bond acceptors (Lipinski definition) is 6. The molecule has 0 unspecified atom stereocenters. The molecule has 0 saturated carbocycles. The summed E-state index contributed by atoms with van der Waals surface area (Å²) >= 11 is 0. The Bertz CT molecular complexity index is 788. The molecule has 1 N–H and O–H groups in total. The van der Waals surface area contributed by atoms with Crippen molar-refractivity contribution in [3.8, 4) is 17.2 Å². The Balaban J connectivity index is 2.00. The zero-order chi connectivity index (χ0) is 19.4. The lowest BCUT2D eigenvalue weighted by molar-refractivity contribution is -0.312. The molecule has 27 heavy (non-hydrogen) atoms. The molecule has 3 rings (SSSR count). The van der Waals surface area contributed by atoms with Crippen molar-refractivity contribution < 1.29 is 24.1 Å². The lowest BCUT2D eigenvalue weighted by Gasteiger charge is -2.44. The maximum atomic E-state index is 10.2. The van der Waals surface area contributed by atoms with E-state index >= 15 is 0 Å². The van der Waals surface area contributed by atoms with Gasteiger partial charge in [0.15, 0.2) is 11.5 Å². The number of aromatic hydroxyl groups is 1. The molecule has 1 aliphatic rings. The third-order valence-corrected chi connectivity index (χ3v) is 5.01. The molecule has 6 nitrogen and oxygen atoms in total. The van der Waals surface area contributed by atoms with Crippen molar-refractivity contribution in [1.29, 1.82) is 0 Å². The number of benzene rings is 2. The number of nitrogens with zero attached hydrogens (tertiary/aromatic N) is 1. The second kappa shape index (κ2) is 8.17. The Labute approximate surface area is 160 Å². The summed E-state index contributed by atoms with van der Waals surface area (Å²) in [6.07, 6.45) is 0.763. The van der Waals surface area contributed by atoms with Gasteiger partial charge in [-0.2, -0.15) is 0 Å². The van der Waals surface area contributed by atoms with Crippen molar-refractivity contribution in [1.82, 2.24) is 4.90 Å². The van der Waals surface area contributed by atoms with Crippen LogP contribution in [0.4, 0.5) is 0 Å². The number of fused-ring (bicyclic) bond motifs is 1. The van der Waals surface area contributed by atoms with Gasteiger partial charge in [-0.05, 0) is 48.7 Å². The number of phenolic OH excluding ortho intramolecular Hbond substituents is 1. The van der Waals surface area contributed by atoms with E-state index in [1.807, 2.05) is 37.3 Å². The summed E-state index contributed by atoms with van der Waals surface area (Å²) in [5.41, 5.74) is 2.99. The molecule has 0 aliphatic carbocycles. The van der Waals surface area contributed by atoms with Crippen molar-refractivity contribution in [2.24, 2.45) is 0 Å². The van der Waals surface area contributed by atoms with E-state index in [0.29, 0.717) is 31.2 Å². The third kappa shape index (κ3) is 3.48. The number of rotatable bonds is 7. The van der Waals surface area contributed by atoms with Gasteiger partial charge >= 0.3 is 0 Å². The predicted molar refractivity (Wildman–Crippen MR) is 102 cm³/mol. The van der Waals surface area contributed by atoms with Gasteiger partial charge in [0.1, 0.15) is 5.75 Å². The minimum absolute atomic E-state index is 0.179. The molecule has 0 saturated heterocycles. The molecule has 0 atom stereocenters. The largest absolute Gasteiger partial charge is 0.504 e. The number of methoxy groups -OCH3 is 3. The fraction of sp³-hybridized carbons (Fsp3) is 0.429. The van der Waals surface area contributed by atoms with Gasteiger partial charge in [0.05, 0.1) is 19.3 Å². The van der Waals surface area contributed by atoms with Crippen molar-refractivity contribution >= 4 is 0 Å². The molecule has 0 radical (unpaired) electrons. The van der Waals surface area contributed by atoms with E-state index in [1.165, 1.54) is 0 Å². The van der Waals surface area contributed by atoms with Crippen LogP contribution in [0.5, 0.6) is 17.2 Å². The summed E-state index contributed by atoms with van der Waals surface area (Å²) in [4.78, 5) is 2.12. The van der Waals surface area contributed by atoms with Gasteiger partial charge in [0.25, 0.3) is 5.91 Å². The smallest absolute Gasteiger partial charge is 0.261 e. The zero-order valence-corrected chi connectivity index (χ0v) is 16.3. The Morgan fingerprint density at radius 2 is 1.78 bits per heavy atom. The average molecular weight is 373 g/mol. The molecule has 0 bridgehead atoms. The first kappa shape index (κ1) is 19.5. The van der Waals surface area contributed by atoms with Crippen LogP contribution in [0.2, 0.25) is 0 Å². The fourth-order valence-electron chi connectivity index (χ4n) is 3.73. The van der Waals surface area contributed by atoms with Crippen LogP contribution in [-0.2, 0) is 28.4 Å². The van der Waals surface area contributed by atoms with Crippen LogP contribution < -0.4 is 9.47 Å². The quantitative estimate of drug-likeness (QED) is 0.752. The average Bonchev–Trinajstić information content (AvgIpc) is 2.70. The lowest BCUT2D eigenvalue weighted by atomic mass is 9.97. The standard InChI is InChI=1S/C21H27NO5/c1-5-27-20-13-16-14-22(11-10-15(16)12-18(20)23)21(25-3,26-4)17-8-6-7-9-19(17)24-2/h6-9,12-13,23H,5,10-11,14H2,1-4H3. The van der Waals surface area contributed by atoms with E-state index in [0.717, 1.165) is 23.1 Å². The first-order valence-corrected chi connectivity index (χ1v) is 9.06. The first-order chi connectivity index (χ1) is 13.1. The number of phenols is 1. The van der Waals surface area contributed by atoms with Crippen LogP contribution in [-0.4, -0.2) is 44.5 Å². The molecule has 2 aromatic carbocycles. The van der Waals surface area contributed by atoms with Crippen molar-refractivity contribution in [2.45, 2.75) is 25.8 Å². The van der Waals surface area contributed by atoms with Crippen LogP contribution >= 0.6 is 0 Å². The second-order valence-electron chi connectivity index (χ2n) is 6.38. The molecule has 0 amide bonds. The Morgan fingerprint density at radius 3 is 2.44 bits per heavy atom. The highest BCUT2D eigenvalue weighted by Crippen LogP contribution is 2.40. The number of para-hydroxylation sites is 1. The number of ether oxygens (including phenoxy) is 4. The van der Waals surface area contributed by atoms with Gasteiger partial charge in [-0.3, -0.25) is 0 Å². The fourth-order valence-corrected chi connectivity index (χ4v) is 3.73. The maximum absolute atomic E-state index is 10.2. The molecule has 6 heteroatoms. The van der Waals surface area contributed by atoms with Crippen LogP contribution in [0.1, 0.15) is 23.6 Å². The molecule has 2 aromatic rings. The molecule has 1 heterocycles. The second-order valence-corrected chi connectivity index (χ2v) is 6.38. The van der Waals surface area contributed by atoms with Crippen molar-refractivity contribution in [2.75, 3.05) is 34.5 Å². The van der Waals surface area contributed by atoms with Gasteiger partial charge in [-0.15, -0.1) is 0 Å². The molecule has 0 aromatic heterocycles. The van der Waals surface area contributed by atoms with Crippen LogP contribution in [0.3, 0.4) is 0 Å². The van der Waals surface area contributed by atoms with Gasteiger partial charge in [-0.1, -0.05) is 12.1 Å². The molecule has 0 spiro atoms. The molecular formula is C21H27NO5. The molecule has 1 aliphatic heterocycles. The lowest BCUT2D eigenvalue weighted by Crippen LogP contribution is -2.51. The van der Waals surface area contributed by atoms with E-state index in [4.69, 9.17) is 18.9 Å². The summed E-state index contributed by atoms with van der Waals surface area (Å²) in [7, 11) is 4.90.